The molecular weight excluding hydrogens is 282 g/mol. The summed E-state index contributed by atoms with van der Waals surface area (Å²) in [6.07, 6.45) is 3.99. The largest absolute Gasteiger partial charge is 0.369 e. The highest BCUT2D eigenvalue weighted by molar-refractivity contribution is 6.30. The van der Waals surface area contributed by atoms with E-state index >= 15 is 0 Å². The van der Waals surface area contributed by atoms with E-state index in [0.717, 1.165) is 43.8 Å². The predicted octanol–water partition coefficient (Wildman–Crippen LogP) is 2.99. The fraction of sp³-hybridized carbons (Fsp3) is 0.647. The van der Waals surface area contributed by atoms with Crippen LogP contribution in [0.15, 0.2) is 24.3 Å². The second-order valence-electron chi connectivity index (χ2n) is 6.24. The lowest BCUT2D eigenvalue weighted by Gasteiger charge is -2.40. The lowest BCUT2D eigenvalue weighted by atomic mass is 10.1. The molecule has 0 spiro atoms. The maximum Gasteiger partial charge on any atom is 0.0407 e. The summed E-state index contributed by atoms with van der Waals surface area (Å²) in [5, 5.41) is 4.50. The number of nitrogens with zero attached hydrogens (tertiary/aromatic N) is 2. The van der Waals surface area contributed by atoms with Gasteiger partial charge in [0.05, 0.1) is 0 Å². The van der Waals surface area contributed by atoms with Crippen LogP contribution in [0.5, 0.6) is 0 Å². The molecule has 1 atom stereocenters. The lowest BCUT2D eigenvalue weighted by Crippen LogP contribution is -2.53. The minimum Gasteiger partial charge on any atom is -0.369 e. The zero-order valence-electron chi connectivity index (χ0n) is 12.9. The molecule has 3 nitrogen and oxygen atoms in total. The molecule has 4 heteroatoms. The van der Waals surface area contributed by atoms with E-state index in [1.807, 2.05) is 12.1 Å². The summed E-state index contributed by atoms with van der Waals surface area (Å²) in [6, 6.07) is 9.73. The van der Waals surface area contributed by atoms with Crippen LogP contribution in [0, 0.1) is 0 Å². The minimum absolute atomic E-state index is 0.693. The molecule has 3 rings (SSSR count). The van der Waals surface area contributed by atoms with Gasteiger partial charge < -0.3 is 10.2 Å². The Morgan fingerprint density at radius 3 is 2.38 bits per heavy atom. The first-order valence-corrected chi connectivity index (χ1v) is 8.62. The van der Waals surface area contributed by atoms with Crippen molar-refractivity contribution in [1.82, 2.24) is 10.2 Å². The first-order valence-electron chi connectivity index (χ1n) is 8.24. The van der Waals surface area contributed by atoms with Gasteiger partial charge in [-0.05, 0) is 43.5 Å². The van der Waals surface area contributed by atoms with E-state index < -0.39 is 0 Å². The van der Waals surface area contributed by atoms with Crippen LogP contribution in [0.4, 0.5) is 5.69 Å². The van der Waals surface area contributed by atoms with Crippen molar-refractivity contribution < 1.29 is 0 Å². The fourth-order valence-corrected chi connectivity index (χ4v) is 3.24. The van der Waals surface area contributed by atoms with Crippen molar-refractivity contribution in [2.75, 3.05) is 37.6 Å². The number of hydrogen-bond acceptors (Lipinski definition) is 3. The highest BCUT2D eigenvalue weighted by atomic mass is 35.5. The van der Waals surface area contributed by atoms with Crippen LogP contribution >= 0.6 is 11.6 Å². The molecule has 1 aromatic carbocycles. The molecule has 2 aliphatic rings. The summed E-state index contributed by atoms with van der Waals surface area (Å²) in [4.78, 5) is 5.12. The summed E-state index contributed by atoms with van der Waals surface area (Å²) in [6.45, 7) is 8.01. The Bertz CT molecular complexity index is 436. The Morgan fingerprint density at radius 1 is 1.14 bits per heavy atom. The second-order valence-corrected chi connectivity index (χ2v) is 6.68. The Labute approximate surface area is 133 Å². The summed E-state index contributed by atoms with van der Waals surface area (Å²) in [7, 11) is 0. The zero-order valence-corrected chi connectivity index (χ0v) is 13.6. The molecule has 2 fully saturated rings. The van der Waals surface area contributed by atoms with E-state index in [1.165, 1.54) is 24.9 Å². The van der Waals surface area contributed by atoms with E-state index in [0.29, 0.717) is 6.04 Å². The third-order valence-corrected chi connectivity index (χ3v) is 4.97. The maximum absolute atomic E-state index is 5.97. The van der Waals surface area contributed by atoms with Crippen LogP contribution in [0.25, 0.3) is 0 Å². The highest BCUT2D eigenvalue weighted by Gasteiger charge is 2.26. The van der Waals surface area contributed by atoms with Crippen molar-refractivity contribution in [2.45, 2.75) is 38.3 Å². The SMILES string of the molecule is CCC(CNC1CC1)N1CCN(c2ccc(Cl)cc2)CC1. The number of piperazine rings is 1. The van der Waals surface area contributed by atoms with Gasteiger partial charge in [0.2, 0.25) is 0 Å². The topological polar surface area (TPSA) is 18.5 Å². The molecule has 1 N–H and O–H groups in total. The number of anilines is 1. The first-order chi connectivity index (χ1) is 10.3. The van der Waals surface area contributed by atoms with Gasteiger partial charge in [-0.2, -0.15) is 0 Å². The van der Waals surface area contributed by atoms with Gasteiger partial charge in [0, 0.05) is 55.5 Å². The van der Waals surface area contributed by atoms with E-state index in [-0.39, 0.29) is 0 Å². The highest BCUT2D eigenvalue weighted by Crippen LogP contribution is 2.21. The zero-order chi connectivity index (χ0) is 14.7. The molecule has 1 unspecified atom stereocenters. The van der Waals surface area contributed by atoms with Gasteiger partial charge in [-0.3, -0.25) is 4.90 Å². The number of nitrogens with one attached hydrogen (secondary N) is 1. The predicted molar refractivity (Wildman–Crippen MR) is 90.3 cm³/mol. The van der Waals surface area contributed by atoms with Gasteiger partial charge in [-0.25, -0.2) is 0 Å². The van der Waals surface area contributed by atoms with E-state index in [2.05, 4.69) is 34.2 Å². The Morgan fingerprint density at radius 2 is 1.81 bits per heavy atom. The van der Waals surface area contributed by atoms with E-state index in [1.54, 1.807) is 0 Å². The maximum atomic E-state index is 5.97. The number of halogens is 1. The molecular formula is C17H26ClN3. The average Bonchev–Trinajstić information content (AvgIpc) is 3.34. The molecule has 1 saturated carbocycles. The normalized spacial score (nSPS) is 21.5. The van der Waals surface area contributed by atoms with Crippen LogP contribution < -0.4 is 10.2 Å². The molecule has 0 radical (unpaired) electrons. The number of rotatable bonds is 6. The first kappa shape index (κ1) is 15.1. The third-order valence-electron chi connectivity index (χ3n) is 4.71. The number of benzene rings is 1. The molecule has 1 aliphatic heterocycles. The van der Waals surface area contributed by atoms with Gasteiger partial charge >= 0.3 is 0 Å². The van der Waals surface area contributed by atoms with Gasteiger partial charge in [0.25, 0.3) is 0 Å². The van der Waals surface area contributed by atoms with Crippen molar-refractivity contribution in [2.24, 2.45) is 0 Å². The van der Waals surface area contributed by atoms with Crippen molar-refractivity contribution in [3.63, 3.8) is 0 Å². The van der Waals surface area contributed by atoms with Gasteiger partial charge in [0.15, 0.2) is 0 Å². The molecule has 21 heavy (non-hydrogen) atoms. The van der Waals surface area contributed by atoms with Crippen molar-refractivity contribution >= 4 is 17.3 Å². The van der Waals surface area contributed by atoms with Crippen molar-refractivity contribution in [1.29, 1.82) is 0 Å². The summed E-state index contributed by atoms with van der Waals surface area (Å²) in [5.74, 6) is 0. The van der Waals surface area contributed by atoms with Crippen molar-refractivity contribution in [3.8, 4) is 0 Å². The molecule has 1 saturated heterocycles. The molecule has 0 bridgehead atoms. The van der Waals surface area contributed by atoms with Gasteiger partial charge in [-0.1, -0.05) is 18.5 Å². The summed E-state index contributed by atoms with van der Waals surface area (Å²) < 4.78 is 0. The fourth-order valence-electron chi connectivity index (χ4n) is 3.12. The Hall–Kier alpha value is -0.770. The van der Waals surface area contributed by atoms with Crippen LogP contribution in [-0.2, 0) is 0 Å². The third kappa shape index (κ3) is 4.12. The van der Waals surface area contributed by atoms with Crippen LogP contribution in [0.2, 0.25) is 5.02 Å². The van der Waals surface area contributed by atoms with Crippen LogP contribution in [0.3, 0.4) is 0 Å². The summed E-state index contributed by atoms with van der Waals surface area (Å²) >= 11 is 5.97. The van der Waals surface area contributed by atoms with E-state index in [4.69, 9.17) is 11.6 Å². The molecule has 1 heterocycles. The summed E-state index contributed by atoms with van der Waals surface area (Å²) in [5.41, 5.74) is 1.29. The molecule has 1 aliphatic carbocycles. The van der Waals surface area contributed by atoms with Gasteiger partial charge in [0.1, 0.15) is 0 Å². The molecule has 1 aromatic rings. The average molecular weight is 308 g/mol. The van der Waals surface area contributed by atoms with Crippen molar-refractivity contribution in [3.05, 3.63) is 29.3 Å². The standard InChI is InChI=1S/C17H26ClN3/c1-2-16(13-19-15-5-6-15)20-9-11-21(12-10-20)17-7-3-14(18)4-8-17/h3-4,7-8,15-16,19H,2,5-6,9-13H2,1H3. The van der Waals surface area contributed by atoms with Crippen LogP contribution in [-0.4, -0.2) is 49.7 Å². The minimum atomic E-state index is 0.693. The lowest BCUT2D eigenvalue weighted by molar-refractivity contribution is 0.176. The second kappa shape index (κ2) is 6.99. The van der Waals surface area contributed by atoms with E-state index in [9.17, 15) is 0 Å². The molecule has 0 aromatic heterocycles. The monoisotopic (exact) mass is 307 g/mol. The Balaban J connectivity index is 1.49. The quantitative estimate of drug-likeness (QED) is 0.871. The van der Waals surface area contributed by atoms with Crippen LogP contribution in [0.1, 0.15) is 26.2 Å². The smallest absolute Gasteiger partial charge is 0.0407 e. The number of hydrogen-bond donors (Lipinski definition) is 1. The molecule has 0 amide bonds. The Kier molecular flexibility index (Phi) is 5.04. The molecule has 116 valence electrons. The van der Waals surface area contributed by atoms with Gasteiger partial charge in [-0.15, -0.1) is 0 Å².